The van der Waals surface area contributed by atoms with Gasteiger partial charge in [-0.1, -0.05) is 12.8 Å². The molecule has 0 unspecified atom stereocenters. The van der Waals surface area contributed by atoms with E-state index in [0.717, 1.165) is 24.5 Å². The fraction of sp³-hybridized carbons (Fsp3) is 0.625. The zero-order valence-electron chi connectivity index (χ0n) is 13.3. The fourth-order valence-corrected chi connectivity index (χ4v) is 3.31. The van der Waals surface area contributed by atoms with Gasteiger partial charge in [-0.05, 0) is 39.8 Å². The third kappa shape index (κ3) is 2.88. The topological polar surface area (TPSA) is 47.7 Å². The monoisotopic (exact) mass is 287 g/mol. The van der Waals surface area contributed by atoms with Crippen molar-refractivity contribution in [3.05, 3.63) is 34.9 Å². The summed E-state index contributed by atoms with van der Waals surface area (Å²) >= 11 is 0. The summed E-state index contributed by atoms with van der Waals surface area (Å²) in [6.07, 6.45) is 7.35. The molecule has 0 amide bonds. The van der Waals surface area contributed by atoms with Crippen LogP contribution in [0, 0.1) is 13.8 Å². The predicted molar refractivity (Wildman–Crippen MR) is 83.3 cm³/mol. The van der Waals surface area contributed by atoms with Gasteiger partial charge in [0.25, 0.3) is 0 Å². The summed E-state index contributed by atoms with van der Waals surface area (Å²) in [6.45, 7) is 5.85. The van der Waals surface area contributed by atoms with Crippen molar-refractivity contribution in [3.8, 4) is 0 Å². The summed E-state index contributed by atoms with van der Waals surface area (Å²) in [5, 5.41) is 12.6. The lowest BCUT2D eigenvalue weighted by Gasteiger charge is -2.09. The number of hydrogen-bond acceptors (Lipinski definition) is 3. The molecule has 0 aliphatic heterocycles. The van der Waals surface area contributed by atoms with E-state index < -0.39 is 0 Å². The summed E-state index contributed by atoms with van der Waals surface area (Å²) < 4.78 is 4.23. The lowest BCUT2D eigenvalue weighted by molar-refractivity contribution is 0.460. The van der Waals surface area contributed by atoms with Crippen LogP contribution in [0.5, 0.6) is 0 Å². The van der Waals surface area contributed by atoms with Gasteiger partial charge in [-0.15, -0.1) is 0 Å². The fourth-order valence-electron chi connectivity index (χ4n) is 3.31. The van der Waals surface area contributed by atoms with Crippen LogP contribution in [0.15, 0.2) is 12.3 Å². The van der Waals surface area contributed by atoms with Crippen molar-refractivity contribution >= 4 is 0 Å². The molecule has 2 heterocycles. The van der Waals surface area contributed by atoms with Gasteiger partial charge in [0.05, 0.1) is 24.0 Å². The molecule has 2 aromatic heterocycles. The molecule has 1 aliphatic rings. The Kier molecular flexibility index (Phi) is 4.10. The van der Waals surface area contributed by atoms with E-state index in [2.05, 4.69) is 45.9 Å². The first-order valence-electron chi connectivity index (χ1n) is 7.90. The van der Waals surface area contributed by atoms with Crippen LogP contribution in [0.2, 0.25) is 0 Å². The number of aryl methyl sites for hydroxylation is 1. The third-order valence-corrected chi connectivity index (χ3v) is 4.56. The largest absolute Gasteiger partial charge is 0.316 e. The molecular weight excluding hydrogens is 262 g/mol. The van der Waals surface area contributed by atoms with Crippen LogP contribution in [-0.2, 0) is 13.1 Å². The Labute approximate surface area is 126 Å². The standard InChI is InChI=1S/C16H25N5/c1-12-16(10-17-3)13(2)21(18-12)11-14-8-9-20(19-14)15-6-4-5-7-15/h8-9,15,17H,4-7,10-11H2,1-3H3. The number of aromatic nitrogens is 4. The third-order valence-electron chi connectivity index (χ3n) is 4.56. The van der Waals surface area contributed by atoms with Crippen LogP contribution >= 0.6 is 0 Å². The van der Waals surface area contributed by atoms with E-state index in [4.69, 9.17) is 5.10 Å². The molecule has 0 aromatic carbocycles. The molecule has 0 bridgehead atoms. The SMILES string of the molecule is CNCc1c(C)nn(Cc2ccn(C3CCCC3)n2)c1C. The number of rotatable bonds is 5. The van der Waals surface area contributed by atoms with E-state index in [-0.39, 0.29) is 0 Å². The van der Waals surface area contributed by atoms with Crippen molar-refractivity contribution in [1.82, 2.24) is 24.9 Å². The average Bonchev–Trinajstić information content (AvgIpc) is 3.17. The van der Waals surface area contributed by atoms with Crippen LogP contribution in [0.3, 0.4) is 0 Å². The molecule has 5 nitrogen and oxygen atoms in total. The second-order valence-corrected chi connectivity index (χ2v) is 6.06. The Morgan fingerprint density at radius 2 is 2.00 bits per heavy atom. The van der Waals surface area contributed by atoms with Gasteiger partial charge in [0.2, 0.25) is 0 Å². The Hall–Kier alpha value is -1.62. The van der Waals surface area contributed by atoms with E-state index in [1.165, 1.54) is 36.9 Å². The first-order valence-corrected chi connectivity index (χ1v) is 7.90. The highest BCUT2D eigenvalue weighted by Gasteiger charge is 2.18. The first-order chi connectivity index (χ1) is 10.2. The molecule has 0 saturated heterocycles. The zero-order chi connectivity index (χ0) is 14.8. The molecule has 0 radical (unpaired) electrons. The maximum absolute atomic E-state index is 4.75. The van der Waals surface area contributed by atoms with Gasteiger partial charge >= 0.3 is 0 Å². The Bertz CT molecular complexity index is 604. The van der Waals surface area contributed by atoms with E-state index in [1.54, 1.807) is 0 Å². The maximum atomic E-state index is 4.75. The van der Waals surface area contributed by atoms with Crippen molar-refractivity contribution in [2.45, 2.75) is 58.7 Å². The number of hydrogen-bond donors (Lipinski definition) is 1. The molecule has 0 atom stereocenters. The second-order valence-electron chi connectivity index (χ2n) is 6.06. The van der Waals surface area contributed by atoms with E-state index in [0.29, 0.717) is 6.04 Å². The maximum Gasteiger partial charge on any atom is 0.0853 e. The van der Waals surface area contributed by atoms with Gasteiger partial charge in [0, 0.05) is 24.0 Å². The first kappa shape index (κ1) is 14.3. The van der Waals surface area contributed by atoms with Crippen molar-refractivity contribution < 1.29 is 0 Å². The van der Waals surface area contributed by atoms with Crippen LogP contribution in [0.4, 0.5) is 0 Å². The summed E-state index contributed by atoms with van der Waals surface area (Å²) in [4.78, 5) is 0. The Morgan fingerprint density at radius 3 is 2.71 bits per heavy atom. The van der Waals surface area contributed by atoms with Crippen LogP contribution in [0.25, 0.3) is 0 Å². The lowest BCUT2D eigenvalue weighted by atomic mass is 10.2. The predicted octanol–water partition coefficient (Wildman–Crippen LogP) is 2.58. The highest BCUT2D eigenvalue weighted by molar-refractivity contribution is 5.24. The van der Waals surface area contributed by atoms with Gasteiger partial charge in [-0.2, -0.15) is 10.2 Å². The Balaban J connectivity index is 1.76. The molecule has 0 spiro atoms. The van der Waals surface area contributed by atoms with Gasteiger partial charge in [-0.25, -0.2) is 0 Å². The number of nitrogens with one attached hydrogen (secondary N) is 1. The van der Waals surface area contributed by atoms with E-state index >= 15 is 0 Å². The van der Waals surface area contributed by atoms with Gasteiger partial charge in [0.15, 0.2) is 0 Å². The summed E-state index contributed by atoms with van der Waals surface area (Å²) in [5.41, 5.74) is 4.74. The molecule has 1 saturated carbocycles. The highest BCUT2D eigenvalue weighted by atomic mass is 15.3. The molecule has 5 heteroatoms. The minimum Gasteiger partial charge on any atom is -0.316 e. The Morgan fingerprint density at radius 1 is 1.24 bits per heavy atom. The van der Waals surface area contributed by atoms with Crippen molar-refractivity contribution in [3.63, 3.8) is 0 Å². The molecule has 2 aromatic rings. The van der Waals surface area contributed by atoms with Crippen molar-refractivity contribution in [2.24, 2.45) is 0 Å². The van der Waals surface area contributed by atoms with Gasteiger partial charge < -0.3 is 5.32 Å². The average molecular weight is 287 g/mol. The van der Waals surface area contributed by atoms with Crippen LogP contribution in [0.1, 0.15) is 54.4 Å². The van der Waals surface area contributed by atoms with Crippen LogP contribution in [-0.4, -0.2) is 26.6 Å². The molecule has 1 fully saturated rings. The molecule has 1 N–H and O–H groups in total. The minimum atomic E-state index is 0.610. The van der Waals surface area contributed by atoms with Gasteiger partial charge in [-0.3, -0.25) is 9.36 Å². The molecule has 1 aliphatic carbocycles. The molecule has 3 rings (SSSR count). The lowest BCUT2D eigenvalue weighted by Crippen LogP contribution is -2.10. The quantitative estimate of drug-likeness (QED) is 0.919. The second kappa shape index (κ2) is 6.02. The van der Waals surface area contributed by atoms with Crippen molar-refractivity contribution in [2.75, 3.05) is 7.05 Å². The van der Waals surface area contributed by atoms with E-state index in [9.17, 15) is 0 Å². The van der Waals surface area contributed by atoms with Crippen molar-refractivity contribution in [1.29, 1.82) is 0 Å². The zero-order valence-corrected chi connectivity index (χ0v) is 13.3. The molecular formula is C16H25N5. The molecule has 21 heavy (non-hydrogen) atoms. The normalized spacial score (nSPS) is 16.0. The van der Waals surface area contributed by atoms with Gasteiger partial charge in [0.1, 0.15) is 0 Å². The molecule has 114 valence electrons. The smallest absolute Gasteiger partial charge is 0.0853 e. The summed E-state index contributed by atoms with van der Waals surface area (Å²) in [7, 11) is 1.97. The van der Waals surface area contributed by atoms with Crippen LogP contribution < -0.4 is 5.32 Å². The highest BCUT2D eigenvalue weighted by Crippen LogP contribution is 2.28. The van der Waals surface area contributed by atoms with E-state index in [1.807, 2.05) is 7.05 Å². The summed E-state index contributed by atoms with van der Waals surface area (Å²) in [6, 6.07) is 2.74. The minimum absolute atomic E-state index is 0.610. The number of nitrogens with zero attached hydrogens (tertiary/aromatic N) is 4. The summed E-state index contributed by atoms with van der Waals surface area (Å²) in [5.74, 6) is 0.